The molecule has 1 aliphatic rings. The number of benzene rings is 4. The first-order valence-corrected chi connectivity index (χ1v) is 17.5. The van der Waals surface area contributed by atoms with Crippen molar-refractivity contribution in [1.29, 1.82) is 0 Å². The molecule has 1 heterocycles. The Morgan fingerprint density at radius 3 is 0.761 bits per heavy atom. The average molecular weight is 617 g/mol. The molecule has 0 saturated carbocycles. The van der Waals surface area contributed by atoms with Gasteiger partial charge in [-0.3, -0.25) is 19.6 Å². The lowest BCUT2D eigenvalue weighted by Gasteiger charge is -2.33. The van der Waals surface area contributed by atoms with E-state index in [1.54, 1.807) is 0 Å². The smallest absolute Gasteiger partial charge is 0.0236 e. The summed E-state index contributed by atoms with van der Waals surface area (Å²) < 4.78 is 0. The summed E-state index contributed by atoms with van der Waals surface area (Å²) in [4.78, 5) is 10.9. The summed E-state index contributed by atoms with van der Waals surface area (Å²) >= 11 is 0. The lowest BCUT2D eigenvalue weighted by Crippen LogP contribution is -2.40. The van der Waals surface area contributed by atoms with Gasteiger partial charge in [-0.25, -0.2) is 0 Å². The molecule has 244 valence electrons. The maximum atomic E-state index is 2.72. The standard InChI is InChI=1S/C42H56N4/c1-35-15-5-9-19-39(35)31-43-23-13-24-45(33-41-21-11-7-17-37(41)3)29-30-46(34-42-22-12-8-18-38(42)4)26-14-25-44(28-27-43)32-40-20-10-6-16-36(40)2/h5-12,15-22H,13-14,23-34H2,1-4H3. The van der Waals surface area contributed by atoms with E-state index in [0.717, 1.165) is 78.5 Å². The van der Waals surface area contributed by atoms with Gasteiger partial charge in [-0.05, 0) is 111 Å². The Kier molecular flexibility index (Phi) is 13.0. The molecule has 1 aliphatic heterocycles. The maximum absolute atomic E-state index is 2.72. The van der Waals surface area contributed by atoms with Crippen molar-refractivity contribution in [2.45, 2.75) is 66.7 Å². The highest BCUT2D eigenvalue weighted by Crippen LogP contribution is 2.17. The van der Waals surface area contributed by atoms with Crippen LogP contribution in [0.25, 0.3) is 0 Å². The van der Waals surface area contributed by atoms with Crippen molar-refractivity contribution in [3.05, 3.63) is 142 Å². The Balaban J connectivity index is 1.36. The summed E-state index contributed by atoms with van der Waals surface area (Å²) in [5.74, 6) is 0. The van der Waals surface area contributed by atoms with E-state index in [1.807, 2.05) is 0 Å². The van der Waals surface area contributed by atoms with Crippen LogP contribution in [-0.2, 0) is 26.2 Å². The first kappa shape index (κ1) is 34.1. The normalized spacial score (nSPS) is 17.1. The molecule has 0 N–H and O–H groups in total. The van der Waals surface area contributed by atoms with Crippen molar-refractivity contribution >= 4 is 0 Å². The molecule has 0 bridgehead atoms. The molecule has 4 aromatic rings. The Labute approximate surface area is 279 Å². The van der Waals surface area contributed by atoms with Crippen LogP contribution >= 0.6 is 0 Å². The van der Waals surface area contributed by atoms with Gasteiger partial charge in [-0.2, -0.15) is 0 Å². The van der Waals surface area contributed by atoms with Crippen LogP contribution in [0.2, 0.25) is 0 Å². The monoisotopic (exact) mass is 616 g/mol. The molecule has 4 aromatic carbocycles. The van der Waals surface area contributed by atoms with Crippen molar-refractivity contribution in [2.75, 3.05) is 52.4 Å². The van der Waals surface area contributed by atoms with Crippen molar-refractivity contribution in [3.63, 3.8) is 0 Å². The van der Waals surface area contributed by atoms with E-state index in [9.17, 15) is 0 Å². The number of aryl methyl sites for hydroxylation is 4. The van der Waals surface area contributed by atoms with Gasteiger partial charge in [0.2, 0.25) is 0 Å². The van der Waals surface area contributed by atoms with Crippen LogP contribution in [-0.4, -0.2) is 72.0 Å². The van der Waals surface area contributed by atoms with Gasteiger partial charge in [-0.1, -0.05) is 97.1 Å². The zero-order chi connectivity index (χ0) is 32.1. The van der Waals surface area contributed by atoms with Gasteiger partial charge in [0, 0.05) is 52.4 Å². The molecular weight excluding hydrogens is 560 g/mol. The number of hydrogen-bond donors (Lipinski definition) is 0. The third-order valence-corrected chi connectivity index (χ3v) is 9.98. The molecule has 0 radical (unpaired) electrons. The Bertz CT molecular complexity index is 1270. The molecule has 5 rings (SSSR count). The minimum atomic E-state index is 1.02. The quantitative estimate of drug-likeness (QED) is 0.199. The van der Waals surface area contributed by atoms with Gasteiger partial charge in [0.1, 0.15) is 0 Å². The molecule has 1 saturated heterocycles. The van der Waals surface area contributed by atoms with Gasteiger partial charge in [0.25, 0.3) is 0 Å². The Morgan fingerprint density at radius 2 is 0.543 bits per heavy atom. The van der Waals surface area contributed by atoms with Crippen LogP contribution in [0.5, 0.6) is 0 Å². The highest BCUT2D eigenvalue weighted by Gasteiger charge is 2.17. The second-order valence-corrected chi connectivity index (χ2v) is 13.5. The maximum Gasteiger partial charge on any atom is 0.0236 e. The number of rotatable bonds is 8. The molecule has 0 aromatic heterocycles. The SMILES string of the molecule is Cc1ccccc1CN1CCCN(Cc2ccccc2C)CCN(Cc2ccccc2C)CCCN(Cc2ccccc2C)CC1. The third-order valence-electron chi connectivity index (χ3n) is 9.98. The molecular formula is C42H56N4. The van der Waals surface area contributed by atoms with E-state index in [4.69, 9.17) is 0 Å². The minimum absolute atomic E-state index is 1.02. The van der Waals surface area contributed by atoms with Gasteiger partial charge >= 0.3 is 0 Å². The van der Waals surface area contributed by atoms with Gasteiger partial charge in [-0.15, -0.1) is 0 Å². The molecule has 46 heavy (non-hydrogen) atoms. The summed E-state index contributed by atoms with van der Waals surface area (Å²) in [6, 6.07) is 35.8. The molecule has 0 amide bonds. The van der Waals surface area contributed by atoms with Crippen LogP contribution in [0, 0.1) is 27.7 Å². The molecule has 0 atom stereocenters. The van der Waals surface area contributed by atoms with Gasteiger partial charge in [0.05, 0.1) is 0 Å². The van der Waals surface area contributed by atoms with E-state index >= 15 is 0 Å². The minimum Gasteiger partial charge on any atom is -0.298 e. The zero-order valence-corrected chi connectivity index (χ0v) is 28.9. The lowest BCUT2D eigenvalue weighted by molar-refractivity contribution is 0.148. The fourth-order valence-corrected chi connectivity index (χ4v) is 6.79. The van der Waals surface area contributed by atoms with Crippen molar-refractivity contribution < 1.29 is 0 Å². The first-order chi connectivity index (χ1) is 22.4. The summed E-state index contributed by atoms with van der Waals surface area (Å²) in [6.45, 7) is 21.9. The number of nitrogens with zero attached hydrogens (tertiary/aromatic N) is 4. The van der Waals surface area contributed by atoms with Crippen LogP contribution in [0.15, 0.2) is 97.1 Å². The first-order valence-electron chi connectivity index (χ1n) is 17.5. The fraction of sp³-hybridized carbons (Fsp3) is 0.429. The fourth-order valence-electron chi connectivity index (χ4n) is 6.79. The molecule has 4 heteroatoms. The zero-order valence-electron chi connectivity index (χ0n) is 28.9. The Morgan fingerprint density at radius 1 is 0.326 bits per heavy atom. The summed E-state index contributed by atoms with van der Waals surface area (Å²) in [5, 5.41) is 0. The van der Waals surface area contributed by atoms with E-state index in [2.05, 4.69) is 144 Å². The predicted molar refractivity (Wildman–Crippen MR) is 195 cm³/mol. The summed E-state index contributed by atoms with van der Waals surface area (Å²) in [6.07, 6.45) is 2.35. The summed E-state index contributed by atoms with van der Waals surface area (Å²) in [7, 11) is 0. The molecule has 1 fully saturated rings. The average Bonchev–Trinajstić information content (AvgIpc) is 3.05. The number of hydrogen-bond acceptors (Lipinski definition) is 4. The van der Waals surface area contributed by atoms with Crippen LogP contribution in [0.4, 0.5) is 0 Å². The van der Waals surface area contributed by atoms with Gasteiger partial charge in [0.15, 0.2) is 0 Å². The topological polar surface area (TPSA) is 13.0 Å². The van der Waals surface area contributed by atoms with Crippen LogP contribution < -0.4 is 0 Å². The second-order valence-electron chi connectivity index (χ2n) is 13.5. The van der Waals surface area contributed by atoms with Crippen molar-refractivity contribution in [2.24, 2.45) is 0 Å². The van der Waals surface area contributed by atoms with Crippen LogP contribution in [0.3, 0.4) is 0 Å². The van der Waals surface area contributed by atoms with E-state index in [0.29, 0.717) is 0 Å². The Hall–Kier alpha value is -3.28. The van der Waals surface area contributed by atoms with Crippen LogP contribution in [0.1, 0.15) is 57.3 Å². The van der Waals surface area contributed by atoms with E-state index in [-0.39, 0.29) is 0 Å². The predicted octanol–water partition coefficient (Wildman–Crippen LogP) is 8.02. The highest BCUT2D eigenvalue weighted by atomic mass is 15.2. The van der Waals surface area contributed by atoms with E-state index in [1.165, 1.54) is 57.3 Å². The third kappa shape index (κ3) is 10.4. The highest BCUT2D eigenvalue weighted by molar-refractivity contribution is 5.28. The second kappa shape index (κ2) is 17.6. The lowest BCUT2D eigenvalue weighted by atomic mass is 10.1. The van der Waals surface area contributed by atoms with Crippen molar-refractivity contribution in [3.8, 4) is 0 Å². The largest absolute Gasteiger partial charge is 0.298 e. The molecule has 0 unspecified atom stereocenters. The van der Waals surface area contributed by atoms with Crippen molar-refractivity contribution in [1.82, 2.24) is 19.6 Å². The molecule has 0 spiro atoms. The summed E-state index contributed by atoms with van der Waals surface area (Å²) in [5.41, 5.74) is 11.4. The molecule has 0 aliphatic carbocycles. The van der Waals surface area contributed by atoms with Gasteiger partial charge < -0.3 is 0 Å². The van der Waals surface area contributed by atoms with E-state index < -0.39 is 0 Å². The molecule has 4 nitrogen and oxygen atoms in total.